The van der Waals surface area contributed by atoms with Crippen LogP contribution in [0.2, 0.25) is 0 Å². The molecular weight excluding hydrogens is 346 g/mol. The Bertz CT molecular complexity index is 958. The quantitative estimate of drug-likeness (QED) is 0.407. The minimum absolute atomic E-state index is 0.256. The van der Waals surface area contributed by atoms with E-state index in [1.807, 2.05) is 60.7 Å². The molecule has 0 atom stereocenters. The molecular formula is C25H25NO2. The predicted octanol–water partition coefficient (Wildman–Crippen LogP) is 6.03. The van der Waals surface area contributed by atoms with Crippen molar-refractivity contribution in [3.05, 3.63) is 102 Å². The van der Waals surface area contributed by atoms with E-state index in [-0.39, 0.29) is 11.2 Å². The fourth-order valence-corrected chi connectivity index (χ4v) is 3.11. The number of hydrogen-bond donors (Lipinski definition) is 1. The SMILES string of the molecule is C=CCOc1ccc(N=Cc2cccc(C(C)(C)c3ccccc3)c2O)cc1. The molecule has 0 aliphatic rings. The van der Waals surface area contributed by atoms with Crippen molar-refractivity contribution in [1.82, 2.24) is 0 Å². The number of nitrogens with zero attached hydrogens (tertiary/aromatic N) is 1. The molecule has 142 valence electrons. The number of para-hydroxylation sites is 1. The third-order valence-electron chi connectivity index (χ3n) is 4.79. The van der Waals surface area contributed by atoms with E-state index in [0.717, 1.165) is 22.6 Å². The van der Waals surface area contributed by atoms with Gasteiger partial charge in [0.05, 0.1) is 5.69 Å². The molecule has 0 aromatic heterocycles. The van der Waals surface area contributed by atoms with Crippen LogP contribution in [-0.4, -0.2) is 17.9 Å². The van der Waals surface area contributed by atoms with E-state index in [0.29, 0.717) is 12.2 Å². The molecule has 0 fully saturated rings. The van der Waals surface area contributed by atoms with E-state index in [2.05, 4.69) is 37.6 Å². The van der Waals surface area contributed by atoms with E-state index in [1.165, 1.54) is 0 Å². The summed E-state index contributed by atoms with van der Waals surface area (Å²) in [5.41, 5.74) is 3.18. The topological polar surface area (TPSA) is 41.8 Å². The van der Waals surface area contributed by atoms with Crippen LogP contribution < -0.4 is 4.74 Å². The Kier molecular flexibility index (Phi) is 5.95. The molecule has 3 nitrogen and oxygen atoms in total. The van der Waals surface area contributed by atoms with Gasteiger partial charge in [0.25, 0.3) is 0 Å². The summed E-state index contributed by atoms with van der Waals surface area (Å²) in [6.45, 7) is 8.33. The van der Waals surface area contributed by atoms with E-state index in [4.69, 9.17) is 4.74 Å². The number of benzene rings is 3. The summed E-state index contributed by atoms with van der Waals surface area (Å²) < 4.78 is 5.48. The minimum Gasteiger partial charge on any atom is -0.507 e. The molecule has 3 heteroatoms. The average molecular weight is 371 g/mol. The van der Waals surface area contributed by atoms with Crippen LogP contribution in [-0.2, 0) is 5.41 Å². The molecule has 0 saturated heterocycles. The fourth-order valence-electron chi connectivity index (χ4n) is 3.11. The smallest absolute Gasteiger partial charge is 0.128 e. The summed E-state index contributed by atoms with van der Waals surface area (Å²) in [5.74, 6) is 1.03. The number of phenols is 1. The summed E-state index contributed by atoms with van der Waals surface area (Å²) in [7, 11) is 0. The van der Waals surface area contributed by atoms with Gasteiger partial charge in [-0.1, -0.05) is 69.0 Å². The average Bonchev–Trinajstić information content (AvgIpc) is 2.73. The normalized spacial score (nSPS) is 11.5. The van der Waals surface area contributed by atoms with Gasteiger partial charge in [-0.2, -0.15) is 0 Å². The number of hydrogen-bond acceptors (Lipinski definition) is 3. The summed E-state index contributed by atoms with van der Waals surface area (Å²) in [6.07, 6.45) is 3.40. The molecule has 0 saturated carbocycles. The Morgan fingerprint density at radius 2 is 1.68 bits per heavy atom. The Hall–Kier alpha value is -3.33. The molecule has 0 aliphatic heterocycles. The lowest BCUT2D eigenvalue weighted by molar-refractivity contribution is 0.363. The van der Waals surface area contributed by atoms with Crippen LogP contribution in [0.5, 0.6) is 11.5 Å². The predicted molar refractivity (Wildman–Crippen MR) is 116 cm³/mol. The first-order valence-corrected chi connectivity index (χ1v) is 9.28. The highest BCUT2D eigenvalue weighted by Gasteiger charge is 2.26. The second-order valence-electron chi connectivity index (χ2n) is 7.09. The first kappa shape index (κ1) is 19.4. The van der Waals surface area contributed by atoms with Crippen LogP contribution in [0, 0.1) is 0 Å². The van der Waals surface area contributed by atoms with Gasteiger partial charge < -0.3 is 9.84 Å². The molecule has 0 unspecified atom stereocenters. The molecule has 3 aromatic carbocycles. The molecule has 28 heavy (non-hydrogen) atoms. The maximum atomic E-state index is 10.9. The second-order valence-corrected chi connectivity index (χ2v) is 7.09. The van der Waals surface area contributed by atoms with Gasteiger partial charge in [0.1, 0.15) is 18.1 Å². The zero-order valence-electron chi connectivity index (χ0n) is 16.3. The highest BCUT2D eigenvalue weighted by molar-refractivity contribution is 5.86. The van der Waals surface area contributed by atoms with E-state index in [1.54, 1.807) is 12.3 Å². The van der Waals surface area contributed by atoms with Gasteiger partial charge in [-0.3, -0.25) is 4.99 Å². The monoisotopic (exact) mass is 371 g/mol. The van der Waals surface area contributed by atoms with Crippen molar-refractivity contribution < 1.29 is 9.84 Å². The van der Waals surface area contributed by atoms with Crippen LogP contribution >= 0.6 is 0 Å². The number of phenolic OH excluding ortho intramolecular Hbond substituents is 1. The van der Waals surface area contributed by atoms with Gasteiger partial charge in [0, 0.05) is 22.8 Å². The van der Waals surface area contributed by atoms with Gasteiger partial charge in [-0.15, -0.1) is 0 Å². The van der Waals surface area contributed by atoms with Crippen LogP contribution in [0.15, 0.2) is 90.4 Å². The highest BCUT2D eigenvalue weighted by atomic mass is 16.5. The number of aliphatic imine (C=N–C) groups is 1. The Balaban J connectivity index is 1.85. The lowest BCUT2D eigenvalue weighted by Crippen LogP contribution is -2.19. The van der Waals surface area contributed by atoms with Gasteiger partial charge in [0.15, 0.2) is 0 Å². The van der Waals surface area contributed by atoms with Crippen LogP contribution in [0.3, 0.4) is 0 Å². The van der Waals surface area contributed by atoms with E-state index >= 15 is 0 Å². The Labute approximate surface area is 166 Å². The summed E-state index contributed by atoms with van der Waals surface area (Å²) in [6, 6.07) is 23.5. The van der Waals surface area contributed by atoms with E-state index < -0.39 is 0 Å². The summed E-state index contributed by atoms with van der Waals surface area (Å²) in [5, 5.41) is 10.9. The molecule has 0 heterocycles. The van der Waals surface area contributed by atoms with E-state index in [9.17, 15) is 5.11 Å². The summed E-state index contributed by atoms with van der Waals surface area (Å²) >= 11 is 0. The lowest BCUT2D eigenvalue weighted by atomic mass is 9.77. The maximum absolute atomic E-state index is 10.9. The van der Waals surface area contributed by atoms with Gasteiger partial charge in [0.2, 0.25) is 0 Å². The van der Waals surface area contributed by atoms with Crippen molar-refractivity contribution in [2.75, 3.05) is 6.61 Å². The molecule has 3 rings (SSSR count). The standard InChI is InChI=1S/C25H25NO2/c1-4-17-28-22-15-13-21(14-16-22)26-18-19-9-8-12-23(24(19)27)25(2,3)20-10-6-5-7-11-20/h4-16,18,27H,1,17H2,2-3H3. The second kappa shape index (κ2) is 8.57. The van der Waals surface area contributed by atoms with Crippen LogP contribution in [0.4, 0.5) is 5.69 Å². The van der Waals surface area contributed by atoms with Crippen molar-refractivity contribution >= 4 is 11.9 Å². The molecule has 0 amide bonds. The van der Waals surface area contributed by atoms with Gasteiger partial charge in [-0.25, -0.2) is 0 Å². The van der Waals surface area contributed by atoms with Crippen molar-refractivity contribution in [2.45, 2.75) is 19.3 Å². The van der Waals surface area contributed by atoms with Crippen molar-refractivity contribution in [3.8, 4) is 11.5 Å². The zero-order valence-corrected chi connectivity index (χ0v) is 16.3. The van der Waals surface area contributed by atoms with Gasteiger partial charge >= 0.3 is 0 Å². The molecule has 0 aliphatic carbocycles. The molecule has 3 aromatic rings. The molecule has 0 bridgehead atoms. The fraction of sp³-hybridized carbons (Fsp3) is 0.160. The maximum Gasteiger partial charge on any atom is 0.128 e. The van der Waals surface area contributed by atoms with Gasteiger partial charge in [-0.05, 0) is 35.9 Å². The number of rotatable bonds is 7. The van der Waals surface area contributed by atoms with Crippen LogP contribution in [0.1, 0.15) is 30.5 Å². The Morgan fingerprint density at radius 1 is 0.964 bits per heavy atom. The number of aromatic hydroxyl groups is 1. The third-order valence-corrected chi connectivity index (χ3v) is 4.79. The molecule has 1 N–H and O–H groups in total. The first-order valence-electron chi connectivity index (χ1n) is 9.28. The molecule has 0 spiro atoms. The van der Waals surface area contributed by atoms with Crippen molar-refractivity contribution in [2.24, 2.45) is 4.99 Å². The summed E-state index contributed by atoms with van der Waals surface area (Å²) in [4.78, 5) is 4.49. The minimum atomic E-state index is -0.320. The third kappa shape index (κ3) is 4.32. The highest BCUT2D eigenvalue weighted by Crippen LogP contribution is 2.38. The van der Waals surface area contributed by atoms with Crippen molar-refractivity contribution in [3.63, 3.8) is 0 Å². The first-order chi connectivity index (χ1) is 13.5. The molecule has 0 radical (unpaired) electrons. The Morgan fingerprint density at radius 3 is 2.36 bits per heavy atom. The zero-order chi connectivity index (χ0) is 20.0. The largest absolute Gasteiger partial charge is 0.507 e. The van der Waals surface area contributed by atoms with Crippen LogP contribution in [0.25, 0.3) is 0 Å². The lowest BCUT2D eigenvalue weighted by Gasteiger charge is -2.27. The van der Waals surface area contributed by atoms with Crippen molar-refractivity contribution in [1.29, 1.82) is 0 Å². The number of ether oxygens (including phenoxy) is 1.